The van der Waals surface area contributed by atoms with Crippen molar-refractivity contribution in [1.82, 2.24) is 14.9 Å². The normalized spacial score (nSPS) is 13.3. The summed E-state index contributed by atoms with van der Waals surface area (Å²) in [7, 11) is 1.42. The minimum atomic E-state index is -0.437. The summed E-state index contributed by atoms with van der Waals surface area (Å²) in [6.45, 7) is 0. The lowest BCUT2D eigenvalue weighted by atomic mass is 10.1. The fourth-order valence-corrected chi connectivity index (χ4v) is 2.05. The number of nitrogens with zero attached hydrogens (tertiary/aromatic N) is 3. The maximum Gasteiger partial charge on any atom is 0.275 e. The number of anilines is 1. The molecule has 3 rings (SSSR count). The molecule has 1 aromatic carbocycles. The number of fused-ring (bicyclic) bond motifs is 1. The Hall–Kier alpha value is -3.09. The van der Waals surface area contributed by atoms with Crippen molar-refractivity contribution in [1.29, 1.82) is 0 Å². The van der Waals surface area contributed by atoms with Gasteiger partial charge in [-0.15, -0.1) is 0 Å². The zero-order chi connectivity index (χ0) is 15.0. The van der Waals surface area contributed by atoms with Gasteiger partial charge >= 0.3 is 0 Å². The quantitative estimate of drug-likeness (QED) is 0.828. The van der Waals surface area contributed by atoms with Gasteiger partial charge in [0.25, 0.3) is 17.7 Å². The first kappa shape index (κ1) is 12.9. The maximum atomic E-state index is 11.9. The molecule has 0 saturated heterocycles. The minimum Gasteiger partial charge on any atom is -0.321 e. The Balaban J connectivity index is 1.88. The molecule has 1 aliphatic rings. The van der Waals surface area contributed by atoms with Gasteiger partial charge in [-0.05, 0) is 18.2 Å². The van der Waals surface area contributed by atoms with Crippen molar-refractivity contribution < 1.29 is 14.4 Å². The fraction of sp³-hybridized carbons (Fsp3) is 0.0714. The molecule has 0 unspecified atom stereocenters. The molecule has 7 nitrogen and oxygen atoms in total. The molecule has 0 saturated carbocycles. The van der Waals surface area contributed by atoms with Gasteiger partial charge in [0, 0.05) is 25.1 Å². The van der Waals surface area contributed by atoms with Crippen LogP contribution in [-0.2, 0) is 0 Å². The molecule has 0 bridgehead atoms. The van der Waals surface area contributed by atoms with E-state index in [4.69, 9.17) is 0 Å². The van der Waals surface area contributed by atoms with E-state index in [1.54, 1.807) is 6.07 Å². The molecule has 0 atom stereocenters. The van der Waals surface area contributed by atoms with Crippen molar-refractivity contribution in [3.05, 3.63) is 53.6 Å². The largest absolute Gasteiger partial charge is 0.321 e. The number of benzene rings is 1. The summed E-state index contributed by atoms with van der Waals surface area (Å²) < 4.78 is 0. The number of carbonyl (C=O) groups is 3. The molecule has 7 heteroatoms. The molecule has 1 N–H and O–H groups in total. The Labute approximate surface area is 119 Å². The summed E-state index contributed by atoms with van der Waals surface area (Å²) in [6.07, 6.45) is 4.21. The molecule has 2 heterocycles. The number of rotatable bonds is 2. The first-order valence-electron chi connectivity index (χ1n) is 6.12. The standard InChI is InChI=1S/C14H10N4O3/c1-18-13(20)9-3-2-8(6-10(9)14(18)21)17-12(19)11-7-15-4-5-16-11/h2-7H,1H3,(H,17,19). The van der Waals surface area contributed by atoms with Gasteiger partial charge in [0.05, 0.1) is 17.3 Å². The SMILES string of the molecule is CN1C(=O)c2ccc(NC(=O)c3cnccn3)cc2C1=O. The van der Waals surface area contributed by atoms with E-state index in [1.165, 1.54) is 37.8 Å². The van der Waals surface area contributed by atoms with Crippen LogP contribution in [0.4, 0.5) is 5.69 Å². The van der Waals surface area contributed by atoms with E-state index in [0.717, 1.165) is 4.90 Å². The van der Waals surface area contributed by atoms with E-state index in [9.17, 15) is 14.4 Å². The zero-order valence-electron chi connectivity index (χ0n) is 11.0. The van der Waals surface area contributed by atoms with Crippen LogP contribution in [-0.4, -0.2) is 39.6 Å². The second kappa shape index (κ2) is 4.78. The second-order valence-corrected chi connectivity index (χ2v) is 4.47. The molecule has 3 amide bonds. The summed E-state index contributed by atoms with van der Waals surface area (Å²) in [5.74, 6) is -1.17. The maximum absolute atomic E-state index is 11.9. The molecular weight excluding hydrogens is 272 g/mol. The van der Waals surface area contributed by atoms with Crippen molar-refractivity contribution >= 4 is 23.4 Å². The van der Waals surface area contributed by atoms with Crippen LogP contribution in [0.2, 0.25) is 0 Å². The summed E-state index contributed by atoms with van der Waals surface area (Å²) in [5.41, 5.74) is 1.19. The van der Waals surface area contributed by atoms with E-state index < -0.39 is 5.91 Å². The zero-order valence-corrected chi connectivity index (χ0v) is 11.0. The lowest BCUT2D eigenvalue weighted by Crippen LogP contribution is -2.24. The molecule has 21 heavy (non-hydrogen) atoms. The number of amides is 3. The topological polar surface area (TPSA) is 92.3 Å². The predicted molar refractivity (Wildman–Crippen MR) is 72.9 cm³/mol. The van der Waals surface area contributed by atoms with Crippen LogP contribution in [0.15, 0.2) is 36.8 Å². The second-order valence-electron chi connectivity index (χ2n) is 4.47. The Bertz CT molecular complexity index is 758. The highest BCUT2D eigenvalue weighted by atomic mass is 16.2. The van der Waals surface area contributed by atoms with Crippen LogP contribution in [0.5, 0.6) is 0 Å². The van der Waals surface area contributed by atoms with Crippen molar-refractivity contribution in [2.75, 3.05) is 12.4 Å². The number of nitrogens with one attached hydrogen (secondary N) is 1. The Kier molecular flexibility index (Phi) is 2.94. The van der Waals surface area contributed by atoms with Crippen LogP contribution in [0.25, 0.3) is 0 Å². The van der Waals surface area contributed by atoms with Crippen LogP contribution >= 0.6 is 0 Å². The molecule has 0 spiro atoms. The molecule has 2 aromatic rings. The van der Waals surface area contributed by atoms with Gasteiger partial charge in [0.1, 0.15) is 5.69 Å². The Morgan fingerprint density at radius 1 is 1.14 bits per heavy atom. The number of carbonyl (C=O) groups excluding carboxylic acids is 3. The third-order valence-corrected chi connectivity index (χ3v) is 3.14. The van der Waals surface area contributed by atoms with Crippen molar-refractivity contribution in [3.8, 4) is 0 Å². The van der Waals surface area contributed by atoms with Gasteiger partial charge in [0.2, 0.25) is 0 Å². The van der Waals surface area contributed by atoms with E-state index in [0.29, 0.717) is 11.3 Å². The smallest absolute Gasteiger partial charge is 0.275 e. The predicted octanol–water partition coefficient (Wildman–Crippen LogP) is 0.955. The minimum absolute atomic E-state index is 0.164. The lowest BCUT2D eigenvalue weighted by Gasteiger charge is -2.05. The van der Waals surface area contributed by atoms with Gasteiger partial charge in [-0.25, -0.2) is 4.98 Å². The van der Waals surface area contributed by atoms with E-state index >= 15 is 0 Å². The van der Waals surface area contributed by atoms with Gasteiger partial charge < -0.3 is 5.32 Å². The fourth-order valence-electron chi connectivity index (χ4n) is 2.05. The first-order valence-corrected chi connectivity index (χ1v) is 6.12. The third-order valence-electron chi connectivity index (χ3n) is 3.14. The molecule has 0 aliphatic carbocycles. The van der Waals surface area contributed by atoms with Gasteiger partial charge in [-0.1, -0.05) is 0 Å². The highest BCUT2D eigenvalue weighted by molar-refractivity contribution is 6.21. The third kappa shape index (κ3) is 2.14. The highest BCUT2D eigenvalue weighted by Gasteiger charge is 2.32. The molecule has 1 aliphatic heterocycles. The average molecular weight is 282 g/mol. The van der Waals surface area contributed by atoms with Crippen molar-refractivity contribution in [3.63, 3.8) is 0 Å². The van der Waals surface area contributed by atoms with Crippen LogP contribution in [0.1, 0.15) is 31.2 Å². The number of aromatic nitrogens is 2. The van der Waals surface area contributed by atoms with Gasteiger partial charge in [-0.3, -0.25) is 24.3 Å². The number of hydrogen-bond donors (Lipinski definition) is 1. The Morgan fingerprint density at radius 2 is 1.90 bits per heavy atom. The van der Waals surface area contributed by atoms with Crippen LogP contribution in [0.3, 0.4) is 0 Å². The molecular formula is C14H10N4O3. The Morgan fingerprint density at radius 3 is 2.62 bits per heavy atom. The highest BCUT2D eigenvalue weighted by Crippen LogP contribution is 2.24. The molecule has 0 radical (unpaired) electrons. The summed E-state index contributed by atoms with van der Waals surface area (Å²) in [5, 5.41) is 2.61. The molecule has 0 fully saturated rings. The van der Waals surface area contributed by atoms with E-state index in [2.05, 4.69) is 15.3 Å². The van der Waals surface area contributed by atoms with Crippen LogP contribution in [0, 0.1) is 0 Å². The van der Waals surface area contributed by atoms with Crippen molar-refractivity contribution in [2.45, 2.75) is 0 Å². The van der Waals surface area contributed by atoms with E-state index in [1.807, 2.05) is 0 Å². The van der Waals surface area contributed by atoms with E-state index in [-0.39, 0.29) is 23.1 Å². The summed E-state index contributed by atoms with van der Waals surface area (Å²) >= 11 is 0. The van der Waals surface area contributed by atoms with Gasteiger partial charge in [0.15, 0.2) is 0 Å². The summed E-state index contributed by atoms with van der Waals surface area (Å²) in [4.78, 5) is 44.3. The first-order chi connectivity index (χ1) is 10.1. The van der Waals surface area contributed by atoms with Crippen molar-refractivity contribution in [2.24, 2.45) is 0 Å². The number of imide groups is 1. The average Bonchev–Trinajstić information content (AvgIpc) is 2.73. The lowest BCUT2D eigenvalue weighted by molar-refractivity contribution is 0.0692. The monoisotopic (exact) mass is 282 g/mol. The molecule has 1 aromatic heterocycles. The molecule has 104 valence electrons. The summed E-state index contributed by atoms with van der Waals surface area (Å²) in [6, 6.07) is 4.57. The van der Waals surface area contributed by atoms with Gasteiger partial charge in [-0.2, -0.15) is 0 Å². The number of hydrogen-bond acceptors (Lipinski definition) is 5. The van der Waals surface area contributed by atoms with Crippen LogP contribution < -0.4 is 5.32 Å².